The Morgan fingerprint density at radius 3 is 2.57 bits per heavy atom. The molecule has 4 rings (SSSR count). The lowest BCUT2D eigenvalue weighted by Gasteiger charge is -2.12. The minimum Gasteiger partial charge on any atom is -0.462 e. The molecule has 1 amide bonds. The predicted octanol–water partition coefficient (Wildman–Crippen LogP) is 3.54. The van der Waals surface area contributed by atoms with Crippen molar-refractivity contribution in [1.82, 2.24) is 14.1 Å². The highest BCUT2D eigenvalue weighted by Crippen LogP contribution is 2.27. The minimum atomic E-state index is -0.664. The van der Waals surface area contributed by atoms with Gasteiger partial charge >= 0.3 is 11.7 Å². The third-order valence-electron chi connectivity index (χ3n) is 4.91. The number of hydrogen-bond donors (Lipinski definition) is 1. The summed E-state index contributed by atoms with van der Waals surface area (Å²) in [4.78, 5) is 56.0. The highest BCUT2D eigenvalue weighted by Gasteiger charge is 2.21. The number of carbonyl (C=O) groups excluding carboxylic acids is 2. The van der Waals surface area contributed by atoms with Crippen LogP contribution in [0.4, 0.5) is 5.69 Å². The van der Waals surface area contributed by atoms with Crippen LogP contribution < -0.4 is 16.6 Å². The second-order valence-corrected chi connectivity index (χ2v) is 9.77. The van der Waals surface area contributed by atoms with Gasteiger partial charge in [-0.25, -0.2) is 19.1 Å². The van der Waals surface area contributed by atoms with Crippen molar-refractivity contribution in [1.29, 1.82) is 0 Å². The molecule has 9 nitrogen and oxygen atoms in total. The van der Waals surface area contributed by atoms with Gasteiger partial charge in [-0.1, -0.05) is 43.0 Å². The summed E-state index contributed by atoms with van der Waals surface area (Å²) < 4.78 is 8.18. The SMILES string of the molecule is CCOC(=O)c1cccc(NC(=O)Cn2c(=O)n(-c3ccccc3)c(=O)c3sc(SCC)nc32)c1. The van der Waals surface area contributed by atoms with Crippen LogP contribution in [0.15, 0.2) is 68.5 Å². The van der Waals surface area contributed by atoms with Crippen molar-refractivity contribution < 1.29 is 14.3 Å². The molecular formula is C24H22N4O5S2. The Morgan fingerprint density at radius 1 is 1.09 bits per heavy atom. The molecule has 0 atom stereocenters. The van der Waals surface area contributed by atoms with Gasteiger partial charge in [0.2, 0.25) is 5.91 Å². The standard InChI is InChI=1S/C24H22N4O5S2/c1-3-33-22(31)15-9-8-10-16(13-15)25-18(29)14-27-20-19(35-23(26-20)34-4-2)21(30)28(24(27)32)17-11-6-5-7-12-17/h5-13H,3-4,14H2,1-2H3,(H,25,29). The number of para-hydroxylation sites is 1. The van der Waals surface area contributed by atoms with E-state index in [1.54, 1.807) is 55.5 Å². The number of rotatable bonds is 8. The monoisotopic (exact) mass is 510 g/mol. The summed E-state index contributed by atoms with van der Waals surface area (Å²) in [6.07, 6.45) is 0. The number of aromatic nitrogens is 3. The van der Waals surface area contributed by atoms with E-state index < -0.39 is 23.1 Å². The summed E-state index contributed by atoms with van der Waals surface area (Å²) >= 11 is 2.65. The number of fused-ring (bicyclic) bond motifs is 1. The topological polar surface area (TPSA) is 112 Å². The molecule has 0 saturated carbocycles. The van der Waals surface area contributed by atoms with Crippen LogP contribution in [0.25, 0.3) is 16.0 Å². The van der Waals surface area contributed by atoms with Crippen molar-refractivity contribution >= 4 is 51.0 Å². The number of anilines is 1. The first-order valence-corrected chi connectivity index (χ1v) is 12.6. The number of nitrogens with zero attached hydrogens (tertiary/aromatic N) is 3. The fourth-order valence-corrected chi connectivity index (χ4v) is 5.40. The Hall–Kier alpha value is -3.70. The lowest BCUT2D eigenvalue weighted by Crippen LogP contribution is -2.40. The lowest BCUT2D eigenvalue weighted by molar-refractivity contribution is -0.116. The van der Waals surface area contributed by atoms with E-state index in [1.165, 1.54) is 33.7 Å². The van der Waals surface area contributed by atoms with Crippen molar-refractivity contribution in [2.45, 2.75) is 24.7 Å². The van der Waals surface area contributed by atoms with Crippen LogP contribution in [0.3, 0.4) is 0 Å². The molecule has 0 saturated heterocycles. The molecule has 35 heavy (non-hydrogen) atoms. The van der Waals surface area contributed by atoms with Crippen molar-refractivity contribution in [3.63, 3.8) is 0 Å². The number of carbonyl (C=O) groups is 2. The highest BCUT2D eigenvalue weighted by molar-refractivity contribution is 8.01. The molecule has 0 spiro atoms. The molecule has 0 aliphatic heterocycles. The summed E-state index contributed by atoms with van der Waals surface area (Å²) in [5, 5.41) is 2.70. The van der Waals surface area contributed by atoms with Crippen LogP contribution in [0, 0.1) is 0 Å². The fraction of sp³-hybridized carbons (Fsp3) is 0.208. The number of benzene rings is 2. The molecule has 1 N–H and O–H groups in total. The van der Waals surface area contributed by atoms with Gasteiger partial charge in [0.05, 0.1) is 17.9 Å². The van der Waals surface area contributed by atoms with Gasteiger partial charge in [0.25, 0.3) is 5.56 Å². The quantitative estimate of drug-likeness (QED) is 0.285. The average Bonchev–Trinajstić information content (AvgIpc) is 3.27. The van der Waals surface area contributed by atoms with E-state index in [-0.39, 0.29) is 18.8 Å². The maximum absolute atomic E-state index is 13.4. The molecule has 0 unspecified atom stereocenters. The molecule has 4 aromatic rings. The number of ether oxygens (including phenoxy) is 1. The van der Waals surface area contributed by atoms with Crippen LogP contribution in [0.2, 0.25) is 0 Å². The maximum atomic E-state index is 13.4. The van der Waals surface area contributed by atoms with Gasteiger partial charge in [-0.2, -0.15) is 0 Å². The minimum absolute atomic E-state index is 0.170. The van der Waals surface area contributed by atoms with E-state index in [2.05, 4.69) is 10.3 Å². The zero-order valence-electron chi connectivity index (χ0n) is 19.0. The number of amides is 1. The van der Waals surface area contributed by atoms with E-state index in [0.29, 0.717) is 26.0 Å². The smallest absolute Gasteiger partial charge is 0.338 e. The second-order valence-electron chi connectivity index (χ2n) is 7.26. The van der Waals surface area contributed by atoms with Gasteiger partial charge in [0.1, 0.15) is 11.2 Å². The normalized spacial score (nSPS) is 10.9. The highest BCUT2D eigenvalue weighted by atomic mass is 32.2. The van der Waals surface area contributed by atoms with Crippen LogP contribution in [-0.4, -0.2) is 38.4 Å². The van der Waals surface area contributed by atoms with E-state index in [9.17, 15) is 19.2 Å². The first-order chi connectivity index (χ1) is 16.9. The Morgan fingerprint density at radius 2 is 1.86 bits per heavy atom. The van der Waals surface area contributed by atoms with Gasteiger partial charge in [0, 0.05) is 5.69 Å². The zero-order chi connectivity index (χ0) is 24.9. The summed E-state index contributed by atoms with van der Waals surface area (Å²) in [6, 6.07) is 14.9. The Bertz CT molecular complexity index is 1510. The van der Waals surface area contributed by atoms with Crippen LogP contribution in [0.1, 0.15) is 24.2 Å². The van der Waals surface area contributed by atoms with E-state index in [1.807, 2.05) is 6.92 Å². The first kappa shape index (κ1) is 24.4. The molecule has 0 aliphatic rings. The van der Waals surface area contributed by atoms with Crippen molar-refractivity contribution in [2.24, 2.45) is 0 Å². The molecule has 0 bridgehead atoms. The molecule has 0 radical (unpaired) electrons. The third kappa shape index (κ3) is 5.20. The molecule has 2 aromatic carbocycles. The molecule has 0 aliphatic carbocycles. The van der Waals surface area contributed by atoms with E-state index in [0.717, 1.165) is 10.3 Å². The predicted molar refractivity (Wildman–Crippen MR) is 137 cm³/mol. The zero-order valence-corrected chi connectivity index (χ0v) is 20.6. The molecule has 2 heterocycles. The number of thiazole rings is 1. The van der Waals surface area contributed by atoms with Gasteiger partial charge in [-0.15, -0.1) is 11.3 Å². The van der Waals surface area contributed by atoms with Crippen LogP contribution in [0.5, 0.6) is 0 Å². The van der Waals surface area contributed by atoms with Gasteiger partial charge in [-0.3, -0.25) is 14.2 Å². The van der Waals surface area contributed by atoms with Gasteiger partial charge in [0.15, 0.2) is 9.99 Å². The maximum Gasteiger partial charge on any atom is 0.338 e. The number of hydrogen-bond acceptors (Lipinski definition) is 8. The average molecular weight is 511 g/mol. The van der Waals surface area contributed by atoms with Crippen LogP contribution >= 0.6 is 23.1 Å². The molecule has 180 valence electrons. The summed E-state index contributed by atoms with van der Waals surface area (Å²) in [5.41, 5.74) is 0.101. The third-order valence-corrected chi connectivity index (χ3v) is 6.96. The fourth-order valence-electron chi connectivity index (χ4n) is 3.43. The Kier molecular flexibility index (Phi) is 7.47. The van der Waals surface area contributed by atoms with E-state index >= 15 is 0 Å². The Labute approximate surface area is 208 Å². The van der Waals surface area contributed by atoms with Crippen molar-refractivity contribution in [2.75, 3.05) is 17.7 Å². The molecule has 2 aromatic heterocycles. The number of esters is 1. The Balaban J connectivity index is 1.74. The number of nitrogens with one attached hydrogen (secondary N) is 1. The molecule has 0 fully saturated rings. The first-order valence-electron chi connectivity index (χ1n) is 10.8. The van der Waals surface area contributed by atoms with Gasteiger partial charge in [-0.05, 0) is 43.0 Å². The van der Waals surface area contributed by atoms with Gasteiger partial charge < -0.3 is 10.1 Å². The summed E-state index contributed by atoms with van der Waals surface area (Å²) in [7, 11) is 0. The largest absolute Gasteiger partial charge is 0.462 e. The molecule has 11 heteroatoms. The van der Waals surface area contributed by atoms with E-state index in [4.69, 9.17) is 4.74 Å². The summed E-state index contributed by atoms with van der Waals surface area (Å²) in [5.74, 6) is -0.265. The van der Waals surface area contributed by atoms with Crippen molar-refractivity contribution in [3.05, 3.63) is 81.0 Å². The lowest BCUT2D eigenvalue weighted by atomic mass is 10.2. The van der Waals surface area contributed by atoms with Crippen LogP contribution in [-0.2, 0) is 16.1 Å². The second kappa shape index (κ2) is 10.7. The summed E-state index contributed by atoms with van der Waals surface area (Å²) in [6.45, 7) is 3.53. The number of thioether (sulfide) groups is 1. The molecular weight excluding hydrogens is 488 g/mol. The van der Waals surface area contributed by atoms with Crippen molar-refractivity contribution in [3.8, 4) is 5.69 Å².